The van der Waals surface area contributed by atoms with E-state index in [1.165, 1.54) is 19.3 Å². The van der Waals surface area contributed by atoms with Gasteiger partial charge >= 0.3 is 6.09 Å². The van der Waals surface area contributed by atoms with Gasteiger partial charge in [0.2, 0.25) is 0 Å². The fourth-order valence-electron chi connectivity index (χ4n) is 3.58. The second kappa shape index (κ2) is 7.67. The van der Waals surface area contributed by atoms with Crippen molar-refractivity contribution in [3.8, 4) is 0 Å². The zero-order valence-corrected chi connectivity index (χ0v) is 15.6. The maximum absolute atomic E-state index is 11.9. The largest absolute Gasteiger partial charge is 0.444 e. The zero-order chi connectivity index (χ0) is 17.0. The van der Waals surface area contributed by atoms with Crippen molar-refractivity contribution in [3.05, 3.63) is 0 Å². The predicted octanol–water partition coefficient (Wildman–Crippen LogP) is 4.09. The molecule has 4 heteroatoms. The minimum Gasteiger partial charge on any atom is -0.444 e. The Hall–Kier alpha value is -0.770. The molecule has 3 atom stereocenters. The molecule has 1 fully saturated rings. The number of hydrogen-bond donors (Lipinski definition) is 2. The summed E-state index contributed by atoms with van der Waals surface area (Å²) in [5.41, 5.74) is -0.0335. The van der Waals surface area contributed by atoms with Crippen molar-refractivity contribution in [2.45, 2.75) is 91.8 Å². The number of rotatable bonds is 5. The lowest BCUT2D eigenvalue weighted by Gasteiger charge is -2.40. The molecular weight excluding hydrogens is 276 g/mol. The topological polar surface area (TPSA) is 50.4 Å². The molecule has 0 aliphatic heterocycles. The molecule has 0 aromatic carbocycles. The van der Waals surface area contributed by atoms with E-state index in [4.69, 9.17) is 4.74 Å². The highest BCUT2D eigenvalue weighted by atomic mass is 16.6. The van der Waals surface area contributed by atoms with Crippen molar-refractivity contribution in [3.63, 3.8) is 0 Å². The third-order valence-electron chi connectivity index (χ3n) is 4.25. The molecule has 4 nitrogen and oxygen atoms in total. The van der Waals surface area contributed by atoms with Gasteiger partial charge in [-0.15, -0.1) is 0 Å². The minimum absolute atomic E-state index is 0.121. The van der Waals surface area contributed by atoms with Gasteiger partial charge in [-0.05, 0) is 57.8 Å². The Morgan fingerprint density at radius 3 is 2.45 bits per heavy atom. The van der Waals surface area contributed by atoms with Crippen molar-refractivity contribution < 1.29 is 9.53 Å². The quantitative estimate of drug-likeness (QED) is 0.803. The van der Waals surface area contributed by atoms with Crippen molar-refractivity contribution >= 4 is 6.09 Å². The van der Waals surface area contributed by atoms with E-state index in [1.807, 2.05) is 20.8 Å². The molecule has 0 aromatic rings. The fraction of sp³-hybridized carbons (Fsp3) is 0.944. The maximum atomic E-state index is 11.9. The maximum Gasteiger partial charge on any atom is 0.407 e. The molecule has 0 spiro atoms. The van der Waals surface area contributed by atoms with Crippen LogP contribution in [-0.4, -0.2) is 30.3 Å². The molecule has 2 N–H and O–H groups in total. The van der Waals surface area contributed by atoms with E-state index in [-0.39, 0.29) is 12.1 Å². The van der Waals surface area contributed by atoms with Gasteiger partial charge in [0.1, 0.15) is 5.60 Å². The van der Waals surface area contributed by atoms with Crippen LogP contribution in [0.2, 0.25) is 0 Å². The van der Waals surface area contributed by atoms with E-state index < -0.39 is 5.60 Å². The standard InChI is InChI=1S/C18H36N2O2/c1-8-14(20-16(21)22-17(3,4)5)12-19-15-9-13(2)10-18(6,7)11-15/h13-15,19H,8-12H2,1-7H3,(H,20,21). The van der Waals surface area contributed by atoms with Crippen LogP contribution in [0.15, 0.2) is 0 Å². The number of ether oxygens (including phenoxy) is 1. The smallest absolute Gasteiger partial charge is 0.407 e. The van der Waals surface area contributed by atoms with E-state index in [0.717, 1.165) is 18.9 Å². The number of carbonyl (C=O) groups excluding carboxylic acids is 1. The molecule has 0 radical (unpaired) electrons. The van der Waals surface area contributed by atoms with Gasteiger partial charge in [-0.1, -0.05) is 27.7 Å². The number of alkyl carbamates (subject to hydrolysis) is 1. The minimum atomic E-state index is -0.446. The lowest BCUT2D eigenvalue weighted by Crippen LogP contribution is -2.48. The number of hydrogen-bond acceptors (Lipinski definition) is 3. The fourth-order valence-corrected chi connectivity index (χ4v) is 3.58. The average Bonchev–Trinajstić information content (AvgIpc) is 2.29. The number of carbonyl (C=O) groups is 1. The summed E-state index contributed by atoms with van der Waals surface area (Å²) in [7, 11) is 0. The summed E-state index contributed by atoms with van der Waals surface area (Å²) in [4.78, 5) is 11.9. The molecule has 22 heavy (non-hydrogen) atoms. The molecule has 1 saturated carbocycles. The first-order valence-corrected chi connectivity index (χ1v) is 8.73. The van der Waals surface area contributed by atoms with Crippen LogP contribution < -0.4 is 10.6 Å². The summed E-state index contributed by atoms with van der Waals surface area (Å²) < 4.78 is 5.33. The normalized spacial score (nSPS) is 26.3. The van der Waals surface area contributed by atoms with Crippen molar-refractivity contribution in [1.82, 2.24) is 10.6 Å². The SMILES string of the molecule is CCC(CNC1CC(C)CC(C)(C)C1)NC(=O)OC(C)(C)C. The van der Waals surface area contributed by atoms with Crippen molar-refractivity contribution in [1.29, 1.82) is 0 Å². The van der Waals surface area contributed by atoms with E-state index in [1.54, 1.807) is 0 Å². The van der Waals surface area contributed by atoms with Crippen LogP contribution >= 0.6 is 0 Å². The van der Waals surface area contributed by atoms with Gasteiger partial charge in [-0.2, -0.15) is 0 Å². The molecule has 130 valence electrons. The van der Waals surface area contributed by atoms with Gasteiger partial charge in [0.05, 0.1) is 0 Å². The molecule has 3 unspecified atom stereocenters. The summed E-state index contributed by atoms with van der Waals surface area (Å²) in [6.45, 7) is 15.6. The Morgan fingerprint density at radius 1 is 1.32 bits per heavy atom. The van der Waals surface area contributed by atoms with Crippen LogP contribution in [0.25, 0.3) is 0 Å². The lowest BCUT2D eigenvalue weighted by molar-refractivity contribution is 0.0499. The van der Waals surface area contributed by atoms with Gasteiger partial charge in [0.15, 0.2) is 0 Å². The molecule has 0 bridgehead atoms. The highest BCUT2D eigenvalue weighted by Crippen LogP contribution is 2.38. The Morgan fingerprint density at radius 2 is 1.95 bits per heavy atom. The van der Waals surface area contributed by atoms with E-state index in [0.29, 0.717) is 11.5 Å². The monoisotopic (exact) mass is 312 g/mol. The van der Waals surface area contributed by atoms with Crippen molar-refractivity contribution in [2.75, 3.05) is 6.54 Å². The van der Waals surface area contributed by atoms with Gasteiger partial charge in [-0.3, -0.25) is 0 Å². The lowest BCUT2D eigenvalue weighted by atomic mass is 9.70. The van der Waals surface area contributed by atoms with Crippen LogP contribution in [0, 0.1) is 11.3 Å². The number of nitrogens with one attached hydrogen (secondary N) is 2. The zero-order valence-electron chi connectivity index (χ0n) is 15.6. The van der Waals surface area contributed by atoms with Gasteiger partial charge < -0.3 is 15.4 Å². The second-order valence-electron chi connectivity index (χ2n) is 8.77. The predicted molar refractivity (Wildman–Crippen MR) is 92.0 cm³/mol. The molecule has 0 aromatic heterocycles. The molecule has 0 saturated heterocycles. The van der Waals surface area contributed by atoms with E-state index in [2.05, 4.69) is 38.3 Å². The van der Waals surface area contributed by atoms with Crippen LogP contribution in [0.5, 0.6) is 0 Å². The average molecular weight is 312 g/mol. The Bertz CT molecular complexity index is 361. The molecule has 1 amide bonds. The van der Waals surface area contributed by atoms with Crippen LogP contribution in [0.4, 0.5) is 4.79 Å². The first-order valence-electron chi connectivity index (χ1n) is 8.73. The van der Waals surface area contributed by atoms with Gasteiger partial charge in [-0.25, -0.2) is 4.79 Å². The van der Waals surface area contributed by atoms with Gasteiger partial charge in [0, 0.05) is 18.6 Å². The second-order valence-corrected chi connectivity index (χ2v) is 8.77. The summed E-state index contributed by atoms with van der Waals surface area (Å²) in [6, 6.07) is 0.670. The Balaban J connectivity index is 2.42. The van der Waals surface area contributed by atoms with Crippen LogP contribution in [-0.2, 0) is 4.74 Å². The third kappa shape index (κ3) is 7.48. The number of amides is 1. The molecule has 1 aliphatic carbocycles. The van der Waals surface area contributed by atoms with E-state index in [9.17, 15) is 4.79 Å². The summed E-state index contributed by atoms with van der Waals surface area (Å²) in [5, 5.41) is 6.63. The van der Waals surface area contributed by atoms with Crippen molar-refractivity contribution in [2.24, 2.45) is 11.3 Å². The molecule has 1 aliphatic rings. The highest BCUT2D eigenvalue weighted by Gasteiger charge is 2.32. The Labute approximate surface area is 136 Å². The molecule has 1 rings (SSSR count). The summed E-state index contributed by atoms with van der Waals surface area (Å²) in [6.07, 6.45) is 4.32. The summed E-state index contributed by atoms with van der Waals surface area (Å²) >= 11 is 0. The van der Waals surface area contributed by atoms with Crippen LogP contribution in [0.1, 0.15) is 74.1 Å². The first-order chi connectivity index (χ1) is 10.0. The molecule has 0 heterocycles. The van der Waals surface area contributed by atoms with Crippen LogP contribution in [0.3, 0.4) is 0 Å². The summed E-state index contributed by atoms with van der Waals surface area (Å²) in [5.74, 6) is 0.764. The Kier molecular flexibility index (Phi) is 6.72. The molecular formula is C18H36N2O2. The van der Waals surface area contributed by atoms with Gasteiger partial charge in [0.25, 0.3) is 0 Å². The third-order valence-corrected chi connectivity index (χ3v) is 4.25. The highest BCUT2D eigenvalue weighted by molar-refractivity contribution is 5.68. The van der Waals surface area contributed by atoms with E-state index >= 15 is 0 Å². The first kappa shape index (κ1) is 19.3.